The number of ether oxygens (including phenoxy) is 1. The van der Waals surface area contributed by atoms with Crippen LogP contribution in [0.4, 0.5) is 0 Å². The van der Waals surface area contributed by atoms with Gasteiger partial charge >= 0.3 is 0 Å². The maximum Gasteiger partial charge on any atom is 0.191 e. The Bertz CT molecular complexity index is 688. The Morgan fingerprint density at radius 1 is 1.17 bits per heavy atom. The summed E-state index contributed by atoms with van der Waals surface area (Å²) in [5.41, 5.74) is 4.64. The van der Waals surface area contributed by atoms with Gasteiger partial charge < -0.3 is 15.4 Å². The molecule has 24 heavy (non-hydrogen) atoms. The van der Waals surface area contributed by atoms with Crippen LogP contribution >= 0.6 is 0 Å². The van der Waals surface area contributed by atoms with Gasteiger partial charge in [0.2, 0.25) is 0 Å². The molecule has 0 radical (unpaired) electrons. The van der Waals surface area contributed by atoms with E-state index in [1.165, 1.54) is 11.1 Å². The predicted molar refractivity (Wildman–Crippen MR) is 97.6 cm³/mol. The summed E-state index contributed by atoms with van der Waals surface area (Å²) in [6.07, 6.45) is 0. The van der Waals surface area contributed by atoms with Gasteiger partial charge in [-0.3, -0.25) is 9.67 Å². The van der Waals surface area contributed by atoms with Crippen molar-refractivity contribution < 1.29 is 4.74 Å². The Hall–Kier alpha value is -2.50. The van der Waals surface area contributed by atoms with Gasteiger partial charge in [-0.2, -0.15) is 5.10 Å². The molecule has 0 unspecified atom stereocenters. The second-order valence-corrected chi connectivity index (χ2v) is 5.79. The lowest BCUT2D eigenvalue weighted by Crippen LogP contribution is -2.39. The molecule has 0 atom stereocenters. The quantitative estimate of drug-likeness (QED) is 0.484. The molecule has 2 rings (SSSR count). The topological polar surface area (TPSA) is 63.5 Å². The highest BCUT2D eigenvalue weighted by Crippen LogP contribution is 2.11. The maximum atomic E-state index is 5.70. The van der Waals surface area contributed by atoms with Crippen molar-refractivity contribution in [3.05, 3.63) is 46.8 Å². The van der Waals surface area contributed by atoms with Crippen LogP contribution in [0, 0.1) is 20.8 Å². The van der Waals surface area contributed by atoms with Crippen LogP contribution in [0.2, 0.25) is 0 Å². The molecule has 0 aliphatic carbocycles. The van der Waals surface area contributed by atoms with Crippen LogP contribution in [0.15, 0.2) is 29.3 Å². The van der Waals surface area contributed by atoms with Crippen molar-refractivity contribution in [3.8, 4) is 5.75 Å². The molecule has 6 nitrogen and oxygen atoms in total. The van der Waals surface area contributed by atoms with Crippen molar-refractivity contribution in [3.63, 3.8) is 0 Å². The third-order valence-corrected chi connectivity index (χ3v) is 4.00. The van der Waals surface area contributed by atoms with Crippen LogP contribution < -0.4 is 15.4 Å². The zero-order chi connectivity index (χ0) is 17.5. The first kappa shape index (κ1) is 17.8. The van der Waals surface area contributed by atoms with Crippen molar-refractivity contribution in [1.29, 1.82) is 0 Å². The molecular formula is C18H27N5O. The Morgan fingerprint density at radius 2 is 1.88 bits per heavy atom. The van der Waals surface area contributed by atoms with Gasteiger partial charge in [-0.1, -0.05) is 17.7 Å². The highest BCUT2D eigenvalue weighted by Gasteiger charge is 2.09. The first-order valence-corrected chi connectivity index (χ1v) is 8.14. The monoisotopic (exact) mass is 329 g/mol. The molecule has 0 bridgehead atoms. The van der Waals surface area contributed by atoms with Crippen molar-refractivity contribution >= 4 is 5.96 Å². The Morgan fingerprint density at radius 3 is 2.46 bits per heavy atom. The predicted octanol–water partition coefficient (Wildman–Crippen LogP) is 2.09. The van der Waals surface area contributed by atoms with Crippen LogP contribution in [0.25, 0.3) is 0 Å². The summed E-state index contributed by atoms with van der Waals surface area (Å²) >= 11 is 0. The summed E-state index contributed by atoms with van der Waals surface area (Å²) in [7, 11) is 3.72. The number of aliphatic imine (C=N–C) groups is 1. The smallest absolute Gasteiger partial charge is 0.191 e. The molecule has 0 saturated heterocycles. The summed E-state index contributed by atoms with van der Waals surface area (Å²) in [6, 6.07) is 8.05. The fraction of sp³-hybridized carbons (Fsp3) is 0.444. The average molecular weight is 329 g/mol. The van der Waals surface area contributed by atoms with Crippen LogP contribution in [0.5, 0.6) is 5.75 Å². The third-order valence-electron chi connectivity index (χ3n) is 4.00. The van der Waals surface area contributed by atoms with E-state index in [2.05, 4.69) is 34.6 Å². The van der Waals surface area contributed by atoms with Gasteiger partial charge in [0, 0.05) is 31.9 Å². The maximum absolute atomic E-state index is 5.70. The lowest BCUT2D eigenvalue weighted by atomic mass is 10.2. The zero-order valence-corrected chi connectivity index (χ0v) is 15.2. The number of benzene rings is 1. The molecule has 1 aromatic carbocycles. The number of nitrogens with one attached hydrogen (secondary N) is 2. The van der Waals surface area contributed by atoms with Gasteiger partial charge in [0.1, 0.15) is 12.4 Å². The van der Waals surface area contributed by atoms with E-state index in [4.69, 9.17) is 4.74 Å². The van der Waals surface area contributed by atoms with Crippen LogP contribution in [0.1, 0.15) is 22.5 Å². The van der Waals surface area contributed by atoms with Crippen molar-refractivity contribution in [2.24, 2.45) is 12.0 Å². The summed E-state index contributed by atoms with van der Waals surface area (Å²) in [5, 5.41) is 11.0. The van der Waals surface area contributed by atoms with Gasteiger partial charge in [0.05, 0.1) is 12.2 Å². The fourth-order valence-corrected chi connectivity index (χ4v) is 2.44. The molecule has 1 heterocycles. The third kappa shape index (κ3) is 4.75. The molecule has 1 aromatic heterocycles. The summed E-state index contributed by atoms with van der Waals surface area (Å²) < 4.78 is 7.60. The zero-order valence-electron chi connectivity index (χ0n) is 15.2. The van der Waals surface area contributed by atoms with E-state index in [-0.39, 0.29) is 0 Å². The fourth-order valence-electron chi connectivity index (χ4n) is 2.44. The number of nitrogens with zero attached hydrogens (tertiary/aromatic N) is 3. The van der Waals surface area contributed by atoms with E-state index in [1.807, 2.05) is 42.9 Å². The van der Waals surface area contributed by atoms with Gasteiger partial charge in [-0.05, 0) is 32.9 Å². The number of aryl methyl sites for hydroxylation is 3. The molecule has 2 aromatic rings. The lowest BCUT2D eigenvalue weighted by molar-refractivity contribution is 0.322. The molecule has 2 N–H and O–H groups in total. The Balaban J connectivity index is 1.75. The molecule has 0 saturated carbocycles. The summed E-state index contributed by atoms with van der Waals surface area (Å²) in [6.45, 7) is 8.11. The van der Waals surface area contributed by atoms with Gasteiger partial charge in [0.15, 0.2) is 5.96 Å². The lowest BCUT2D eigenvalue weighted by Gasteiger charge is -2.13. The molecule has 6 heteroatoms. The first-order chi connectivity index (χ1) is 11.5. The van der Waals surface area contributed by atoms with Crippen LogP contribution in [-0.2, 0) is 13.6 Å². The molecule has 0 aliphatic heterocycles. The standard InChI is InChI=1S/C18H27N5O/c1-13-6-8-16(9-7-13)24-11-10-20-18(19-4)21-12-17-14(2)22-23(5)15(17)3/h6-9H,10-12H2,1-5H3,(H2,19,20,21). The van der Waals surface area contributed by atoms with Crippen LogP contribution in [0.3, 0.4) is 0 Å². The largest absolute Gasteiger partial charge is 0.492 e. The minimum Gasteiger partial charge on any atom is -0.492 e. The number of guanidine groups is 1. The minimum atomic E-state index is 0.578. The SMILES string of the molecule is CN=C(NCCOc1ccc(C)cc1)NCc1c(C)nn(C)c1C. The molecule has 0 amide bonds. The molecule has 0 fully saturated rings. The number of hydrogen-bond donors (Lipinski definition) is 2. The minimum absolute atomic E-state index is 0.578. The van der Waals surface area contributed by atoms with Crippen LogP contribution in [-0.4, -0.2) is 35.9 Å². The van der Waals surface area contributed by atoms with E-state index in [0.717, 1.165) is 23.1 Å². The number of rotatable bonds is 6. The molecule has 0 aliphatic rings. The second-order valence-electron chi connectivity index (χ2n) is 5.79. The van der Waals surface area contributed by atoms with E-state index in [1.54, 1.807) is 7.05 Å². The highest BCUT2D eigenvalue weighted by atomic mass is 16.5. The van der Waals surface area contributed by atoms with Gasteiger partial charge in [-0.15, -0.1) is 0 Å². The number of hydrogen-bond acceptors (Lipinski definition) is 3. The first-order valence-electron chi connectivity index (χ1n) is 8.14. The average Bonchev–Trinajstić information content (AvgIpc) is 2.81. The van der Waals surface area contributed by atoms with E-state index in [0.29, 0.717) is 19.7 Å². The van der Waals surface area contributed by atoms with Crippen molar-refractivity contribution in [1.82, 2.24) is 20.4 Å². The van der Waals surface area contributed by atoms with E-state index >= 15 is 0 Å². The van der Waals surface area contributed by atoms with Crippen molar-refractivity contribution in [2.45, 2.75) is 27.3 Å². The molecule has 0 spiro atoms. The van der Waals surface area contributed by atoms with E-state index in [9.17, 15) is 0 Å². The Kier molecular flexibility index (Phi) is 6.23. The second kappa shape index (κ2) is 8.38. The number of aromatic nitrogens is 2. The normalized spacial score (nSPS) is 11.5. The molecular weight excluding hydrogens is 302 g/mol. The highest BCUT2D eigenvalue weighted by molar-refractivity contribution is 5.79. The molecule has 130 valence electrons. The Labute approximate surface area is 143 Å². The summed E-state index contributed by atoms with van der Waals surface area (Å²) in [4.78, 5) is 4.24. The van der Waals surface area contributed by atoms with Crippen molar-refractivity contribution in [2.75, 3.05) is 20.2 Å². The summed E-state index contributed by atoms with van der Waals surface area (Å²) in [5.74, 6) is 1.64. The van der Waals surface area contributed by atoms with E-state index < -0.39 is 0 Å². The van der Waals surface area contributed by atoms with Gasteiger partial charge in [-0.25, -0.2) is 0 Å². The van der Waals surface area contributed by atoms with Gasteiger partial charge in [0.25, 0.3) is 0 Å².